The van der Waals surface area contributed by atoms with Crippen LogP contribution in [0, 0.1) is 39.2 Å². The molecule has 5 fully saturated rings. The predicted octanol–water partition coefficient (Wildman–Crippen LogP) is 4.14. The molecule has 1 saturated heterocycles. The summed E-state index contributed by atoms with van der Waals surface area (Å²) in [5.74, 6) is 2.94. The molecule has 0 radical (unpaired) electrons. The number of piperidine rings is 1. The highest BCUT2D eigenvalue weighted by atomic mass is 16.6. The van der Waals surface area contributed by atoms with Gasteiger partial charge in [0.15, 0.2) is 0 Å². The van der Waals surface area contributed by atoms with Crippen LogP contribution in [0.1, 0.15) is 51.4 Å². The molecule has 1 aliphatic heterocycles. The molecule has 4 aliphatic carbocycles. The van der Waals surface area contributed by atoms with Crippen LogP contribution < -0.4 is 10.2 Å². The van der Waals surface area contributed by atoms with Crippen LogP contribution in [-0.2, 0) is 4.79 Å². The van der Waals surface area contributed by atoms with Crippen molar-refractivity contribution in [3.8, 4) is 0 Å². The summed E-state index contributed by atoms with van der Waals surface area (Å²) in [5, 5.41) is 14.6. The lowest BCUT2D eigenvalue weighted by Crippen LogP contribution is -2.52. The normalized spacial score (nSPS) is 33.7. The number of rotatable bonds is 5. The fourth-order valence-corrected chi connectivity index (χ4v) is 7.19. The molecule has 0 spiro atoms. The van der Waals surface area contributed by atoms with E-state index < -0.39 is 0 Å². The monoisotopic (exact) mass is 397 g/mol. The van der Waals surface area contributed by atoms with Crippen molar-refractivity contribution in [1.82, 2.24) is 5.32 Å². The molecule has 156 valence electrons. The van der Waals surface area contributed by atoms with E-state index in [0.29, 0.717) is 24.2 Å². The number of benzene rings is 1. The Morgan fingerprint density at radius 1 is 1.07 bits per heavy atom. The van der Waals surface area contributed by atoms with Crippen LogP contribution in [0.4, 0.5) is 11.4 Å². The molecule has 1 N–H and O–H groups in total. The molecule has 0 atom stereocenters. The van der Waals surface area contributed by atoms with E-state index in [1.54, 1.807) is 12.1 Å². The van der Waals surface area contributed by atoms with Crippen molar-refractivity contribution in [3.05, 3.63) is 34.4 Å². The molecule has 6 nitrogen and oxygen atoms in total. The second-order valence-electron chi connectivity index (χ2n) is 10.1. The Morgan fingerprint density at radius 3 is 2.24 bits per heavy atom. The lowest BCUT2D eigenvalue weighted by Gasteiger charge is -2.57. The lowest BCUT2D eigenvalue weighted by molar-refractivity contribution is -0.384. The molecule has 1 amide bonds. The molecule has 6 heteroatoms. The van der Waals surface area contributed by atoms with Crippen molar-refractivity contribution in [3.63, 3.8) is 0 Å². The summed E-state index contributed by atoms with van der Waals surface area (Å²) in [6.45, 7) is 2.25. The summed E-state index contributed by atoms with van der Waals surface area (Å²) in [6.07, 6.45) is 9.75. The second kappa shape index (κ2) is 7.29. The second-order valence-corrected chi connectivity index (χ2v) is 10.1. The topological polar surface area (TPSA) is 75.5 Å². The number of hydrogen-bond acceptors (Lipinski definition) is 4. The molecular weight excluding hydrogens is 366 g/mol. The van der Waals surface area contributed by atoms with Gasteiger partial charge in [-0.15, -0.1) is 0 Å². The Balaban J connectivity index is 1.16. The highest BCUT2D eigenvalue weighted by molar-refractivity contribution is 5.79. The van der Waals surface area contributed by atoms with Gasteiger partial charge in [-0.2, -0.15) is 0 Å². The van der Waals surface area contributed by atoms with Crippen molar-refractivity contribution >= 4 is 17.3 Å². The minimum Gasteiger partial charge on any atom is -0.366 e. The zero-order chi connectivity index (χ0) is 20.0. The number of anilines is 1. The fraction of sp³-hybridized carbons (Fsp3) is 0.696. The minimum atomic E-state index is -0.320. The molecule has 29 heavy (non-hydrogen) atoms. The van der Waals surface area contributed by atoms with E-state index in [-0.39, 0.29) is 22.4 Å². The SMILES string of the molecule is O=C(NCC12CC3CC(CC(C3)C1)C2)C1CCN(c2ccccc2[N+](=O)[O-])CC1. The average molecular weight is 398 g/mol. The zero-order valence-electron chi connectivity index (χ0n) is 17.0. The predicted molar refractivity (Wildman–Crippen MR) is 112 cm³/mol. The number of hydrogen-bond donors (Lipinski definition) is 1. The maximum Gasteiger partial charge on any atom is 0.292 e. The van der Waals surface area contributed by atoms with Gasteiger partial charge in [-0.25, -0.2) is 0 Å². The van der Waals surface area contributed by atoms with Crippen molar-refractivity contribution in [2.45, 2.75) is 51.4 Å². The number of carbonyl (C=O) groups excluding carboxylic acids is 1. The number of nitrogens with zero attached hydrogens (tertiary/aromatic N) is 2. The number of carbonyl (C=O) groups is 1. The summed E-state index contributed by atoms with van der Waals surface area (Å²) < 4.78 is 0. The fourth-order valence-electron chi connectivity index (χ4n) is 7.19. The number of amides is 1. The van der Waals surface area contributed by atoms with Crippen LogP contribution in [0.3, 0.4) is 0 Å². The summed E-state index contributed by atoms with van der Waals surface area (Å²) in [6, 6.07) is 6.91. The Morgan fingerprint density at radius 2 is 1.66 bits per heavy atom. The average Bonchev–Trinajstić information content (AvgIpc) is 2.71. The van der Waals surface area contributed by atoms with Crippen LogP contribution >= 0.6 is 0 Å². The third-order valence-electron chi connectivity index (χ3n) is 8.09. The van der Waals surface area contributed by atoms with Gasteiger partial charge in [0, 0.05) is 31.6 Å². The molecular formula is C23H31N3O3. The highest BCUT2D eigenvalue weighted by Crippen LogP contribution is 2.59. The first-order valence-corrected chi connectivity index (χ1v) is 11.3. The molecule has 0 aromatic heterocycles. The van der Waals surface area contributed by atoms with Crippen LogP contribution in [0.5, 0.6) is 0 Å². The van der Waals surface area contributed by atoms with Crippen molar-refractivity contribution < 1.29 is 9.72 Å². The molecule has 0 unspecified atom stereocenters. The molecule has 4 saturated carbocycles. The van der Waals surface area contributed by atoms with Gasteiger partial charge < -0.3 is 10.2 Å². The molecule has 1 aromatic rings. The smallest absolute Gasteiger partial charge is 0.292 e. The van der Waals surface area contributed by atoms with Crippen molar-refractivity contribution in [1.29, 1.82) is 0 Å². The first-order chi connectivity index (χ1) is 14.0. The number of nitro benzene ring substituents is 1. The summed E-state index contributed by atoms with van der Waals surface area (Å²) in [4.78, 5) is 25.9. The Kier molecular flexibility index (Phi) is 4.75. The standard InChI is InChI=1S/C23H31N3O3/c27-22(24-15-23-12-16-9-17(13-23)11-18(10-16)14-23)19-5-7-25(8-6-19)20-3-1-2-4-21(20)26(28)29/h1-4,16-19H,5-15H2,(H,24,27). The number of nitrogens with one attached hydrogen (secondary N) is 1. The molecule has 5 aliphatic rings. The Bertz CT molecular complexity index is 765. The number of para-hydroxylation sites is 2. The highest BCUT2D eigenvalue weighted by Gasteiger charge is 2.50. The largest absolute Gasteiger partial charge is 0.366 e. The van der Waals surface area contributed by atoms with Gasteiger partial charge in [-0.1, -0.05) is 12.1 Å². The van der Waals surface area contributed by atoms with E-state index in [4.69, 9.17) is 0 Å². The van der Waals surface area contributed by atoms with E-state index in [1.807, 2.05) is 12.1 Å². The Labute approximate surface area is 172 Å². The minimum absolute atomic E-state index is 0.0305. The zero-order valence-corrected chi connectivity index (χ0v) is 17.0. The Hall–Kier alpha value is -2.11. The van der Waals surface area contributed by atoms with E-state index >= 15 is 0 Å². The first-order valence-electron chi connectivity index (χ1n) is 11.3. The van der Waals surface area contributed by atoms with E-state index in [2.05, 4.69) is 10.2 Å². The molecule has 6 rings (SSSR count). The van der Waals surface area contributed by atoms with Crippen LogP contribution in [-0.4, -0.2) is 30.5 Å². The third kappa shape index (κ3) is 3.62. The van der Waals surface area contributed by atoms with Crippen LogP contribution in [0.25, 0.3) is 0 Å². The van der Waals surface area contributed by atoms with Gasteiger partial charge in [0.1, 0.15) is 5.69 Å². The van der Waals surface area contributed by atoms with Crippen molar-refractivity contribution in [2.75, 3.05) is 24.5 Å². The van der Waals surface area contributed by atoms with E-state index in [1.165, 1.54) is 38.5 Å². The van der Waals surface area contributed by atoms with Crippen LogP contribution in [0.15, 0.2) is 24.3 Å². The van der Waals surface area contributed by atoms with Crippen molar-refractivity contribution in [2.24, 2.45) is 29.1 Å². The molecule has 1 aromatic carbocycles. The molecule has 4 bridgehead atoms. The summed E-state index contributed by atoms with van der Waals surface area (Å²) in [5.41, 5.74) is 1.19. The molecule has 1 heterocycles. The van der Waals surface area contributed by atoms with E-state index in [0.717, 1.165) is 37.1 Å². The van der Waals surface area contributed by atoms with Crippen LogP contribution in [0.2, 0.25) is 0 Å². The van der Waals surface area contributed by atoms with Gasteiger partial charge in [-0.3, -0.25) is 14.9 Å². The summed E-state index contributed by atoms with van der Waals surface area (Å²) >= 11 is 0. The third-order valence-corrected chi connectivity index (χ3v) is 8.09. The maximum absolute atomic E-state index is 12.9. The number of nitro groups is 1. The maximum atomic E-state index is 12.9. The van der Waals surface area contributed by atoms with Gasteiger partial charge >= 0.3 is 0 Å². The van der Waals surface area contributed by atoms with Gasteiger partial charge in [0.25, 0.3) is 5.69 Å². The lowest BCUT2D eigenvalue weighted by atomic mass is 9.49. The van der Waals surface area contributed by atoms with E-state index in [9.17, 15) is 14.9 Å². The summed E-state index contributed by atoms with van der Waals surface area (Å²) in [7, 11) is 0. The quantitative estimate of drug-likeness (QED) is 0.598. The van der Waals surface area contributed by atoms with Gasteiger partial charge in [0.2, 0.25) is 5.91 Å². The van der Waals surface area contributed by atoms with Gasteiger partial charge in [-0.05, 0) is 80.6 Å². The van der Waals surface area contributed by atoms with Gasteiger partial charge in [0.05, 0.1) is 4.92 Å². The first kappa shape index (κ1) is 18.9.